The van der Waals surface area contributed by atoms with Crippen molar-refractivity contribution in [2.75, 3.05) is 6.61 Å². The highest BCUT2D eigenvalue weighted by Crippen LogP contribution is 2.18. The predicted octanol–water partition coefficient (Wildman–Crippen LogP) is 2.81. The van der Waals surface area contributed by atoms with Crippen molar-refractivity contribution < 1.29 is 13.9 Å². The molecule has 15 heavy (non-hydrogen) atoms. The summed E-state index contributed by atoms with van der Waals surface area (Å²) in [6, 6.07) is 3.46. The Morgan fingerprint density at radius 2 is 2.47 bits per heavy atom. The van der Waals surface area contributed by atoms with E-state index < -0.39 is 0 Å². The normalized spacial score (nSPS) is 20.7. The molecule has 1 aromatic heterocycles. The van der Waals surface area contributed by atoms with Crippen molar-refractivity contribution in [3.8, 4) is 0 Å². The summed E-state index contributed by atoms with van der Waals surface area (Å²) >= 11 is 0. The molecule has 0 spiro atoms. The summed E-state index contributed by atoms with van der Waals surface area (Å²) in [6.45, 7) is 0.886. The third-order valence-electron chi connectivity index (χ3n) is 2.75. The summed E-state index contributed by atoms with van der Waals surface area (Å²) in [5, 5.41) is 0. The number of ketones is 1. The number of furan rings is 1. The van der Waals surface area contributed by atoms with Gasteiger partial charge in [-0.05, 0) is 37.8 Å². The van der Waals surface area contributed by atoms with Crippen molar-refractivity contribution in [3.05, 3.63) is 24.2 Å². The molecular weight excluding hydrogens is 192 g/mol. The van der Waals surface area contributed by atoms with Crippen LogP contribution in [0.4, 0.5) is 0 Å². The second-order valence-electron chi connectivity index (χ2n) is 3.93. The first kappa shape index (κ1) is 10.4. The molecule has 1 atom stereocenters. The maximum Gasteiger partial charge on any atom is 0.197 e. The van der Waals surface area contributed by atoms with E-state index in [2.05, 4.69) is 0 Å². The number of hydrogen-bond donors (Lipinski definition) is 0. The van der Waals surface area contributed by atoms with Gasteiger partial charge in [0.1, 0.15) is 0 Å². The van der Waals surface area contributed by atoms with E-state index >= 15 is 0 Å². The predicted molar refractivity (Wildman–Crippen MR) is 55.9 cm³/mol. The summed E-state index contributed by atoms with van der Waals surface area (Å²) < 4.78 is 10.5. The average molecular weight is 208 g/mol. The molecule has 1 aromatic rings. The quantitative estimate of drug-likeness (QED) is 0.698. The van der Waals surface area contributed by atoms with Gasteiger partial charge < -0.3 is 9.15 Å². The van der Waals surface area contributed by atoms with Gasteiger partial charge in [0, 0.05) is 13.0 Å². The highest BCUT2D eigenvalue weighted by atomic mass is 16.5. The van der Waals surface area contributed by atoms with E-state index in [1.807, 2.05) is 0 Å². The molecule has 0 amide bonds. The molecule has 1 aliphatic heterocycles. The first-order valence-electron chi connectivity index (χ1n) is 5.54. The van der Waals surface area contributed by atoms with Crippen molar-refractivity contribution in [2.45, 2.75) is 38.2 Å². The largest absolute Gasteiger partial charge is 0.461 e. The van der Waals surface area contributed by atoms with E-state index in [-0.39, 0.29) is 5.78 Å². The molecule has 1 saturated heterocycles. The lowest BCUT2D eigenvalue weighted by Gasteiger charge is -2.07. The lowest BCUT2D eigenvalue weighted by atomic mass is 10.1. The number of rotatable bonds is 5. The number of ether oxygens (including phenoxy) is 1. The van der Waals surface area contributed by atoms with Crippen molar-refractivity contribution in [1.29, 1.82) is 0 Å². The lowest BCUT2D eigenvalue weighted by Crippen LogP contribution is -2.06. The maximum atomic E-state index is 11.5. The van der Waals surface area contributed by atoms with E-state index in [1.54, 1.807) is 12.1 Å². The van der Waals surface area contributed by atoms with Crippen molar-refractivity contribution >= 4 is 5.78 Å². The lowest BCUT2D eigenvalue weighted by molar-refractivity contribution is 0.0903. The minimum Gasteiger partial charge on any atom is -0.461 e. The van der Waals surface area contributed by atoms with Gasteiger partial charge in [0.15, 0.2) is 11.5 Å². The molecule has 0 N–H and O–H groups in total. The topological polar surface area (TPSA) is 39.4 Å². The van der Waals surface area contributed by atoms with E-state index in [0.717, 1.165) is 32.3 Å². The van der Waals surface area contributed by atoms with Crippen LogP contribution in [0.15, 0.2) is 22.8 Å². The Morgan fingerprint density at radius 1 is 1.53 bits per heavy atom. The second-order valence-corrected chi connectivity index (χ2v) is 3.93. The van der Waals surface area contributed by atoms with E-state index in [4.69, 9.17) is 9.15 Å². The van der Waals surface area contributed by atoms with Crippen molar-refractivity contribution in [2.24, 2.45) is 0 Å². The van der Waals surface area contributed by atoms with Gasteiger partial charge in [-0.1, -0.05) is 0 Å². The van der Waals surface area contributed by atoms with Gasteiger partial charge in [-0.3, -0.25) is 4.79 Å². The Bertz CT molecular complexity index is 297. The number of carbonyl (C=O) groups excluding carboxylic acids is 1. The fourth-order valence-electron chi connectivity index (χ4n) is 1.92. The molecule has 1 aliphatic rings. The Morgan fingerprint density at radius 3 is 3.13 bits per heavy atom. The highest BCUT2D eigenvalue weighted by molar-refractivity contribution is 5.93. The average Bonchev–Trinajstić information content (AvgIpc) is 2.90. The van der Waals surface area contributed by atoms with Crippen LogP contribution in [0.25, 0.3) is 0 Å². The minimum absolute atomic E-state index is 0.0954. The molecule has 2 heterocycles. The molecule has 3 nitrogen and oxygen atoms in total. The van der Waals surface area contributed by atoms with Gasteiger partial charge in [0.05, 0.1) is 12.4 Å². The van der Waals surface area contributed by atoms with Gasteiger partial charge in [-0.25, -0.2) is 0 Å². The van der Waals surface area contributed by atoms with Crippen LogP contribution in [0, 0.1) is 0 Å². The molecule has 0 saturated carbocycles. The highest BCUT2D eigenvalue weighted by Gasteiger charge is 2.16. The van der Waals surface area contributed by atoms with Crippen LogP contribution in [-0.2, 0) is 4.74 Å². The third kappa shape index (κ3) is 2.93. The maximum absolute atomic E-state index is 11.5. The molecule has 2 rings (SSSR count). The smallest absolute Gasteiger partial charge is 0.197 e. The molecular formula is C12H16O3. The molecule has 82 valence electrons. The SMILES string of the molecule is O=C(CCCC1CCCO1)c1ccco1. The fraction of sp³-hybridized carbons (Fsp3) is 0.583. The van der Waals surface area contributed by atoms with Crippen LogP contribution < -0.4 is 0 Å². The zero-order valence-electron chi connectivity index (χ0n) is 8.78. The first-order valence-corrected chi connectivity index (χ1v) is 5.54. The van der Waals surface area contributed by atoms with Crippen LogP contribution in [0.3, 0.4) is 0 Å². The third-order valence-corrected chi connectivity index (χ3v) is 2.75. The summed E-state index contributed by atoms with van der Waals surface area (Å²) in [7, 11) is 0. The summed E-state index contributed by atoms with van der Waals surface area (Å²) in [5.74, 6) is 0.570. The summed E-state index contributed by atoms with van der Waals surface area (Å²) in [4.78, 5) is 11.5. The molecule has 1 fully saturated rings. The van der Waals surface area contributed by atoms with Gasteiger partial charge in [-0.2, -0.15) is 0 Å². The molecule has 3 heteroatoms. The fourth-order valence-corrected chi connectivity index (χ4v) is 1.92. The van der Waals surface area contributed by atoms with Gasteiger partial charge in [-0.15, -0.1) is 0 Å². The van der Waals surface area contributed by atoms with Crippen LogP contribution in [-0.4, -0.2) is 18.5 Å². The van der Waals surface area contributed by atoms with Gasteiger partial charge in [0.25, 0.3) is 0 Å². The Kier molecular flexibility index (Phi) is 3.56. The standard InChI is InChI=1S/C12H16O3/c13-11(12-7-3-9-15-12)6-1-4-10-5-2-8-14-10/h3,7,9-10H,1-2,4-6,8H2. The number of Topliss-reactive ketones (excluding diaryl/α,β-unsaturated/α-hetero) is 1. The van der Waals surface area contributed by atoms with E-state index in [0.29, 0.717) is 18.3 Å². The first-order chi connectivity index (χ1) is 7.36. The second kappa shape index (κ2) is 5.12. The van der Waals surface area contributed by atoms with Crippen LogP contribution in [0.1, 0.15) is 42.7 Å². The molecule has 0 bridgehead atoms. The zero-order chi connectivity index (χ0) is 10.5. The van der Waals surface area contributed by atoms with E-state index in [9.17, 15) is 4.79 Å². The summed E-state index contributed by atoms with van der Waals surface area (Å²) in [5.41, 5.74) is 0. The molecule has 0 aromatic carbocycles. The Hall–Kier alpha value is -1.09. The van der Waals surface area contributed by atoms with Crippen molar-refractivity contribution in [3.63, 3.8) is 0 Å². The Labute approximate surface area is 89.4 Å². The van der Waals surface area contributed by atoms with Crippen molar-refractivity contribution in [1.82, 2.24) is 0 Å². The molecule has 0 radical (unpaired) electrons. The molecule has 0 aliphatic carbocycles. The van der Waals surface area contributed by atoms with Gasteiger partial charge >= 0.3 is 0 Å². The van der Waals surface area contributed by atoms with E-state index in [1.165, 1.54) is 6.26 Å². The van der Waals surface area contributed by atoms with Crippen LogP contribution >= 0.6 is 0 Å². The minimum atomic E-state index is 0.0954. The van der Waals surface area contributed by atoms with Crippen LogP contribution in [0.2, 0.25) is 0 Å². The van der Waals surface area contributed by atoms with Crippen LogP contribution in [0.5, 0.6) is 0 Å². The molecule has 1 unspecified atom stereocenters. The number of carbonyl (C=O) groups is 1. The zero-order valence-corrected chi connectivity index (χ0v) is 8.78. The Balaban J connectivity index is 1.67. The van der Waals surface area contributed by atoms with Gasteiger partial charge in [0.2, 0.25) is 0 Å². The monoisotopic (exact) mass is 208 g/mol. The summed E-state index contributed by atoms with van der Waals surface area (Å²) in [6.07, 6.45) is 6.68. The number of hydrogen-bond acceptors (Lipinski definition) is 3.